The maximum absolute atomic E-state index is 14.8. The Labute approximate surface area is 203 Å². The van der Waals surface area contributed by atoms with Crippen molar-refractivity contribution in [3.05, 3.63) is 88.6 Å². The number of carboxylic acid groups (broad SMARTS) is 1. The second-order valence-electron chi connectivity index (χ2n) is 6.86. The van der Waals surface area contributed by atoms with Gasteiger partial charge in [0.25, 0.3) is 0 Å². The molecule has 0 fully saturated rings. The number of anilines is 1. The molecule has 1 aromatic heterocycles. The van der Waals surface area contributed by atoms with Crippen molar-refractivity contribution < 1.29 is 35.5 Å². The maximum atomic E-state index is 14.8. The van der Waals surface area contributed by atoms with Crippen LogP contribution < -0.4 is 4.72 Å². The Morgan fingerprint density at radius 2 is 1.68 bits per heavy atom. The average molecular weight is 551 g/mol. The molecule has 8 nitrogen and oxygen atoms in total. The van der Waals surface area contributed by atoms with Gasteiger partial charge in [0, 0.05) is 22.3 Å². The molecule has 0 saturated carbocycles. The summed E-state index contributed by atoms with van der Waals surface area (Å²) in [5, 5.41) is 8.89. The van der Waals surface area contributed by atoms with Crippen LogP contribution in [0, 0.1) is 11.6 Å². The number of carboxylic acids is 1. The fraction of sp³-hybridized carbons (Fsp3) is 0.100. The first-order valence-electron chi connectivity index (χ1n) is 9.10. The van der Waals surface area contributed by atoms with Crippen molar-refractivity contribution in [1.29, 1.82) is 0 Å². The number of carbonyl (C=O) groups is 1. The van der Waals surface area contributed by atoms with Crippen LogP contribution >= 0.6 is 23.2 Å². The predicted octanol–water partition coefficient (Wildman–Crippen LogP) is 3.75. The molecule has 0 aliphatic heterocycles. The molecule has 1 atom stereocenters. The Bertz CT molecular complexity index is 1450. The number of pyridine rings is 1. The molecule has 34 heavy (non-hydrogen) atoms. The largest absolute Gasteiger partial charge is 0.480 e. The summed E-state index contributed by atoms with van der Waals surface area (Å²) in [6, 6.07) is 8.96. The Morgan fingerprint density at radius 3 is 2.24 bits per heavy atom. The normalized spacial score (nSPS) is 13.8. The SMILES string of the molecule is O=C(O)CS(=O)(=O)Nc1ccc(C(Cl)(c2cc(F)ccc2F)S(=O)(=O)c2ccc(Cl)cc2)cn1. The minimum Gasteiger partial charge on any atom is -0.480 e. The molecule has 1 unspecified atom stereocenters. The van der Waals surface area contributed by atoms with Gasteiger partial charge in [0.05, 0.1) is 4.90 Å². The van der Waals surface area contributed by atoms with E-state index >= 15 is 0 Å². The second kappa shape index (κ2) is 9.45. The summed E-state index contributed by atoms with van der Waals surface area (Å²) in [6.07, 6.45) is 0.851. The molecule has 3 aromatic rings. The molecular formula is C20H14Cl2F2N2O6S2. The van der Waals surface area contributed by atoms with Gasteiger partial charge in [-0.1, -0.05) is 29.3 Å². The van der Waals surface area contributed by atoms with Gasteiger partial charge in [0.2, 0.25) is 24.1 Å². The Balaban J connectivity index is 2.18. The molecular weight excluding hydrogens is 537 g/mol. The van der Waals surface area contributed by atoms with E-state index in [0.29, 0.717) is 12.1 Å². The summed E-state index contributed by atoms with van der Waals surface area (Å²) in [7, 11) is -8.99. The number of hydrogen-bond donors (Lipinski definition) is 2. The standard InChI is InChI=1S/C20H14Cl2F2N2O6S2/c21-13-2-5-15(6-3-13)34(31,32)20(22,16-9-14(23)4-7-17(16)24)12-1-8-18(25-10-12)26-33(29,30)11-19(27)28/h1-10H,11H2,(H,25,26)(H,27,28). The van der Waals surface area contributed by atoms with Crippen LogP contribution in [0.4, 0.5) is 14.6 Å². The van der Waals surface area contributed by atoms with Crippen molar-refractivity contribution >= 4 is 54.8 Å². The van der Waals surface area contributed by atoms with Crippen LogP contribution in [0.15, 0.2) is 65.7 Å². The first-order valence-corrected chi connectivity index (χ1v) is 13.0. The van der Waals surface area contributed by atoms with Gasteiger partial charge in [0.15, 0.2) is 5.75 Å². The van der Waals surface area contributed by atoms with Crippen molar-refractivity contribution in [2.75, 3.05) is 10.5 Å². The molecule has 3 rings (SSSR count). The van der Waals surface area contributed by atoms with Crippen LogP contribution in [0.5, 0.6) is 0 Å². The highest BCUT2D eigenvalue weighted by atomic mass is 35.5. The van der Waals surface area contributed by atoms with Crippen LogP contribution in [0.1, 0.15) is 11.1 Å². The van der Waals surface area contributed by atoms with E-state index in [1.54, 1.807) is 0 Å². The van der Waals surface area contributed by atoms with E-state index in [4.69, 9.17) is 28.3 Å². The second-order valence-corrected chi connectivity index (χ2v) is 11.9. The number of nitrogens with one attached hydrogen (secondary N) is 1. The van der Waals surface area contributed by atoms with Crippen LogP contribution in [0.2, 0.25) is 5.02 Å². The molecule has 0 aliphatic carbocycles. The molecule has 14 heteroatoms. The van der Waals surface area contributed by atoms with Crippen molar-refractivity contribution in [3.8, 4) is 0 Å². The van der Waals surface area contributed by atoms with Crippen LogP contribution in [0.25, 0.3) is 0 Å². The number of aromatic nitrogens is 1. The number of rotatable bonds is 8. The Hall–Kier alpha value is -2.80. The number of sulfonamides is 1. The third-order valence-electron chi connectivity index (χ3n) is 4.48. The third-order valence-corrected chi connectivity index (χ3v) is 9.00. The summed E-state index contributed by atoms with van der Waals surface area (Å²) >= 11 is 12.4. The number of benzene rings is 2. The zero-order valence-corrected chi connectivity index (χ0v) is 19.9. The van der Waals surface area contributed by atoms with Gasteiger partial charge in [-0.05, 0) is 48.5 Å². The summed E-state index contributed by atoms with van der Waals surface area (Å²) in [5.74, 6) is -5.29. The molecule has 1 heterocycles. The fourth-order valence-corrected chi connectivity index (χ4v) is 6.16. The van der Waals surface area contributed by atoms with E-state index in [9.17, 15) is 30.4 Å². The number of aliphatic carboxylic acids is 1. The molecule has 180 valence electrons. The monoisotopic (exact) mass is 550 g/mol. The highest BCUT2D eigenvalue weighted by Gasteiger charge is 2.48. The molecule has 0 radical (unpaired) electrons. The number of halogens is 4. The van der Waals surface area contributed by atoms with Gasteiger partial charge in [-0.25, -0.2) is 30.6 Å². The fourth-order valence-electron chi connectivity index (χ4n) is 2.98. The molecule has 2 aromatic carbocycles. The summed E-state index contributed by atoms with van der Waals surface area (Å²) in [4.78, 5) is 14.1. The van der Waals surface area contributed by atoms with Gasteiger partial charge in [-0.15, -0.1) is 0 Å². The quantitative estimate of drug-likeness (QED) is 0.408. The zero-order chi connectivity index (χ0) is 25.3. The third kappa shape index (κ3) is 5.14. The molecule has 0 aliphatic rings. The topological polar surface area (TPSA) is 130 Å². The van der Waals surface area contributed by atoms with E-state index in [1.165, 1.54) is 12.1 Å². The lowest BCUT2D eigenvalue weighted by atomic mass is 10.0. The molecule has 2 N–H and O–H groups in total. The van der Waals surface area contributed by atoms with Crippen LogP contribution in [0.3, 0.4) is 0 Å². The zero-order valence-electron chi connectivity index (χ0n) is 16.7. The molecule has 0 saturated heterocycles. The van der Waals surface area contributed by atoms with Gasteiger partial charge >= 0.3 is 5.97 Å². The molecule has 0 spiro atoms. The lowest BCUT2D eigenvalue weighted by molar-refractivity contribution is -0.134. The molecule has 0 amide bonds. The van der Waals surface area contributed by atoms with Gasteiger partial charge in [0.1, 0.15) is 17.5 Å². The molecule has 0 bridgehead atoms. The summed E-state index contributed by atoms with van der Waals surface area (Å²) < 4.78 is 78.8. The van der Waals surface area contributed by atoms with Crippen molar-refractivity contribution in [1.82, 2.24) is 4.98 Å². The first-order chi connectivity index (χ1) is 15.8. The summed E-state index contributed by atoms with van der Waals surface area (Å²) in [6.45, 7) is 0. The van der Waals surface area contributed by atoms with Gasteiger partial charge in [-0.2, -0.15) is 0 Å². The highest BCUT2D eigenvalue weighted by Crippen LogP contribution is 2.46. The van der Waals surface area contributed by atoms with Crippen molar-refractivity contribution in [3.63, 3.8) is 0 Å². The Morgan fingerprint density at radius 1 is 1.03 bits per heavy atom. The van der Waals surface area contributed by atoms with E-state index in [1.807, 2.05) is 4.72 Å². The minimum absolute atomic E-state index is 0.218. The Kier molecular flexibility index (Phi) is 7.18. The van der Waals surface area contributed by atoms with Crippen LogP contribution in [-0.2, 0) is 28.9 Å². The van der Waals surface area contributed by atoms with E-state index in [-0.39, 0.29) is 21.3 Å². The van der Waals surface area contributed by atoms with Crippen LogP contribution in [-0.4, -0.2) is 38.6 Å². The van der Waals surface area contributed by atoms with E-state index in [2.05, 4.69) is 4.98 Å². The summed E-state index contributed by atoms with van der Waals surface area (Å²) in [5.41, 5.74) is -1.07. The lowest BCUT2D eigenvalue weighted by Crippen LogP contribution is -2.33. The predicted molar refractivity (Wildman–Crippen MR) is 121 cm³/mol. The van der Waals surface area contributed by atoms with E-state index in [0.717, 1.165) is 36.5 Å². The lowest BCUT2D eigenvalue weighted by Gasteiger charge is -2.28. The highest BCUT2D eigenvalue weighted by molar-refractivity contribution is 7.94. The number of alkyl halides is 1. The minimum atomic E-state index is -4.68. The number of sulfone groups is 1. The van der Waals surface area contributed by atoms with Crippen molar-refractivity contribution in [2.24, 2.45) is 0 Å². The van der Waals surface area contributed by atoms with E-state index < -0.39 is 53.0 Å². The van der Waals surface area contributed by atoms with Gasteiger partial charge < -0.3 is 5.11 Å². The van der Waals surface area contributed by atoms with Gasteiger partial charge in [-0.3, -0.25) is 9.52 Å². The average Bonchev–Trinajstić information content (AvgIpc) is 2.74. The number of hydrogen-bond acceptors (Lipinski definition) is 6. The smallest absolute Gasteiger partial charge is 0.320 e. The maximum Gasteiger partial charge on any atom is 0.320 e. The number of nitrogens with zero attached hydrogens (tertiary/aromatic N) is 1. The van der Waals surface area contributed by atoms with Crippen molar-refractivity contribution in [2.45, 2.75) is 9.10 Å². The first kappa shape index (κ1) is 25.8.